The third kappa shape index (κ3) is 2.43. The Labute approximate surface area is 94.7 Å². The molecule has 1 heterocycles. The molecule has 1 aromatic rings. The number of aromatic nitrogens is 2. The van der Waals surface area contributed by atoms with Gasteiger partial charge in [0, 0.05) is 5.92 Å². The summed E-state index contributed by atoms with van der Waals surface area (Å²) in [6.07, 6.45) is 5.74. The topological polar surface area (TPSA) is 66.0 Å². The zero-order valence-corrected chi connectivity index (χ0v) is 9.57. The summed E-state index contributed by atoms with van der Waals surface area (Å²) in [5.74, 6) is 1.61. The van der Waals surface area contributed by atoms with Crippen molar-refractivity contribution in [2.75, 3.05) is 0 Å². The fourth-order valence-electron chi connectivity index (χ4n) is 2.50. The smallest absolute Gasteiger partial charge is 0.254 e. The summed E-state index contributed by atoms with van der Waals surface area (Å²) in [4.78, 5) is 18.0. The number of rotatable bonds is 2. The van der Waals surface area contributed by atoms with Crippen molar-refractivity contribution < 1.29 is 5.11 Å². The predicted molar refractivity (Wildman–Crippen MR) is 61.5 cm³/mol. The van der Waals surface area contributed by atoms with Crippen LogP contribution in [0.1, 0.15) is 50.8 Å². The molecular formula is C12H18N2O2. The molecule has 4 heteroatoms. The van der Waals surface area contributed by atoms with E-state index in [1.54, 1.807) is 0 Å². The van der Waals surface area contributed by atoms with Crippen LogP contribution in [0.15, 0.2) is 10.9 Å². The van der Waals surface area contributed by atoms with Crippen LogP contribution in [-0.2, 0) is 0 Å². The normalized spacial score (nSPS) is 25.6. The molecule has 16 heavy (non-hydrogen) atoms. The van der Waals surface area contributed by atoms with E-state index >= 15 is 0 Å². The molecule has 1 aromatic heterocycles. The van der Waals surface area contributed by atoms with Crippen molar-refractivity contribution in [3.05, 3.63) is 22.2 Å². The highest BCUT2D eigenvalue weighted by Crippen LogP contribution is 2.35. The monoisotopic (exact) mass is 222 g/mol. The van der Waals surface area contributed by atoms with Gasteiger partial charge in [-0.05, 0) is 31.6 Å². The van der Waals surface area contributed by atoms with Gasteiger partial charge in [0.1, 0.15) is 5.82 Å². The van der Waals surface area contributed by atoms with Crippen molar-refractivity contribution in [1.82, 2.24) is 9.97 Å². The Kier molecular flexibility index (Phi) is 3.27. The summed E-state index contributed by atoms with van der Waals surface area (Å²) in [7, 11) is 0. The summed E-state index contributed by atoms with van der Waals surface area (Å²) in [6, 6.07) is 1.11. The van der Waals surface area contributed by atoms with Crippen LogP contribution < -0.4 is 5.56 Å². The number of nitrogens with zero attached hydrogens (tertiary/aromatic N) is 1. The molecule has 0 bridgehead atoms. The average Bonchev–Trinajstić information content (AvgIpc) is 2.28. The molecule has 0 aromatic carbocycles. The van der Waals surface area contributed by atoms with Gasteiger partial charge in [-0.2, -0.15) is 0 Å². The molecule has 88 valence electrons. The zero-order valence-electron chi connectivity index (χ0n) is 9.57. The highest BCUT2D eigenvalue weighted by Gasteiger charge is 2.23. The number of aromatic amines is 1. The highest BCUT2D eigenvalue weighted by atomic mass is 16.3. The van der Waals surface area contributed by atoms with E-state index in [1.165, 1.54) is 19.3 Å². The molecule has 0 atom stereocenters. The van der Waals surface area contributed by atoms with Crippen LogP contribution in [0.25, 0.3) is 0 Å². The van der Waals surface area contributed by atoms with Crippen LogP contribution in [0.2, 0.25) is 0 Å². The van der Waals surface area contributed by atoms with E-state index in [1.807, 2.05) is 0 Å². The second-order valence-electron chi connectivity index (χ2n) is 4.61. The standard InChI is InChI=1S/C12H18N2O2/c1-2-8-3-5-9(6-4-8)12-13-10(15)7-11(16)14-12/h7-9H,2-6H2,1H3,(H2,13,14,15,16). The van der Waals surface area contributed by atoms with Gasteiger partial charge >= 0.3 is 0 Å². The lowest BCUT2D eigenvalue weighted by Crippen LogP contribution is -2.18. The fraction of sp³-hybridized carbons (Fsp3) is 0.667. The van der Waals surface area contributed by atoms with Crippen LogP contribution in [-0.4, -0.2) is 15.1 Å². The summed E-state index contributed by atoms with van der Waals surface area (Å²) < 4.78 is 0. The maximum atomic E-state index is 11.2. The number of aromatic hydroxyl groups is 1. The molecule has 1 aliphatic rings. The summed E-state index contributed by atoms with van der Waals surface area (Å²) in [5, 5.41) is 9.29. The molecule has 4 nitrogen and oxygen atoms in total. The van der Waals surface area contributed by atoms with Crippen LogP contribution in [0, 0.1) is 5.92 Å². The lowest BCUT2D eigenvalue weighted by atomic mass is 9.80. The quantitative estimate of drug-likeness (QED) is 0.805. The van der Waals surface area contributed by atoms with Crippen LogP contribution in [0.3, 0.4) is 0 Å². The fourth-order valence-corrected chi connectivity index (χ4v) is 2.50. The van der Waals surface area contributed by atoms with Crippen molar-refractivity contribution in [2.45, 2.75) is 44.9 Å². The predicted octanol–water partition coefficient (Wildman–Crippen LogP) is 2.16. The molecular weight excluding hydrogens is 204 g/mol. The molecule has 0 aliphatic heterocycles. The van der Waals surface area contributed by atoms with Crippen molar-refractivity contribution in [3.63, 3.8) is 0 Å². The third-order valence-electron chi connectivity index (χ3n) is 3.56. The van der Waals surface area contributed by atoms with Crippen LogP contribution >= 0.6 is 0 Å². The first-order valence-corrected chi connectivity index (χ1v) is 5.99. The molecule has 0 unspecified atom stereocenters. The Morgan fingerprint density at radius 2 is 2.12 bits per heavy atom. The van der Waals surface area contributed by atoms with Crippen molar-refractivity contribution >= 4 is 0 Å². The highest BCUT2D eigenvalue weighted by molar-refractivity contribution is 5.09. The SMILES string of the molecule is CCC1CCC(c2nc(O)cc(=O)[nH]2)CC1. The molecule has 2 N–H and O–H groups in total. The van der Waals surface area contributed by atoms with Gasteiger partial charge in [-0.25, -0.2) is 4.98 Å². The first kappa shape index (κ1) is 11.2. The van der Waals surface area contributed by atoms with Gasteiger partial charge in [-0.1, -0.05) is 13.3 Å². The first-order valence-electron chi connectivity index (χ1n) is 5.99. The maximum absolute atomic E-state index is 11.2. The number of hydrogen-bond acceptors (Lipinski definition) is 3. The Hall–Kier alpha value is -1.32. The first-order chi connectivity index (χ1) is 7.69. The van der Waals surface area contributed by atoms with E-state index in [4.69, 9.17) is 0 Å². The Morgan fingerprint density at radius 1 is 1.44 bits per heavy atom. The van der Waals surface area contributed by atoms with E-state index in [0.29, 0.717) is 11.7 Å². The van der Waals surface area contributed by atoms with Gasteiger partial charge in [0.15, 0.2) is 0 Å². The summed E-state index contributed by atoms with van der Waals surface area (Å²) >= 11 is 0. The molecule has 1 saturated carbocycles. The van der Waals surface area contributed by atoms with Gasteiger partial charge in [0.25, 0.3) is 5.56 Å². The minimum Gasteiger partial charge on any atom is -0.493 e. The van der Waals surface area contributed by atoms with Crippen molar-refractivity contribution in [2.24, 2.45) is 5.92 Å². The van der Waals surface area contributed by atoms with E-state index < -0.39 is 0 Å². The number of nitrogens with one attached hydrogen (secondary N) is 1. The van der Waals surface area contributed by atoms with Crippen molar-refractivity contribution in [3.8, 4) is 5.88 Å². The average molecular weight is 222 g/mol. The summed E-state index contributed by atoms with van der Waals surface area (Å²) in [5.41, 5.74) is -0.264. The van der Waals surface area contributed by atoms with Gasteiger partial charge in [-0.15, -0.1) is 0 Å². The lowest BCUT2D eigenvalue weighted by molar-refractivity contribution is 0.309. The van der Waals surface area contributed by atoms with E-state index in [-0.39, 0.29) is 11.4 Å². The third-order valence-corrected chi connectivity index (χ3v) is 3.56. The number of H-pyrrole nitrogens is 1. The largest absolute Gasteiger partial charge is 0.493 e. The van der Waals surface area contributed by atoms with Gasteiger partial charge in [-0.3, -0.25) is 4.79 Å². The molecule has 0 saturated heterocycles. The molecule has 0 amide bonds. The Balaban J connectivity index is 2.11. The van der Waals surface area contributed by atoms with E-state index in [0.717, 1.165) is 24.8 Å². The minimum atomic E-state index is -0.264. The second-order valence-corrected chi connectivity index (χ2v) is 4.61. The van der Waals surface area contributed by atoms with E-state index in [9.17, 15) is 9.90 Å². The number of hydrogen-bond donors (Lipinski definition) is 2. The lowest BCUT2D eigenvalue weighted by Gasteiger charge is -2.26. The maximum Gasteiger partial charge on any atom is 0.254 e. The minimum absolute atomic E-state index is 0.170. The zero-order chi connectivity index (χ0) is 11.5. The molecule has 0 spiro atoms. The van der Waals surface area contributed by atoms with Crippen LogP contribution in [0.4, 0.5) is 0 Å². The molecule has 2 rings (SSSR count). The van der Waals surface area contributed by atoms with Crippen LogP contribution in [0.5, 0.6) is 5.88 Å². The molecule has 1 aliphatic carbocycles. The van der Waals surface area contributed by atoms with E-state index in [2.05, 4.69) is 16.9 Å². The van der Waals surface area contributed by atoms with Gasteiger partial charge in [0.05, 0.1) is 6.07 Å². The van der Waals surface area contributed by atoms with Gasteiger partial charge in [0.2, 0.25) is 5.88 Å². The summed E-state index contributed by atoms with van der Waals surface area (Å²) in [6.45, 7) is 2.22. The molecule has 1 fully saturated rings. The van der Waals surface area contributed by atoms with Gasteiger partial charge < -0.3 is 10.1 Å². The second kappa shape index (κ2) is 4.68. The molecule has 0 radical (unpaired) electrons. The Bertz CT molecular complexity index is 406. The Morgan fingerprint density at radius 3 is 2.69 bits per heavy atom. The van der Waals surface area contributed by atoms with Crippen molar-refractivity contribution in [1.29, 1.82) is 0 Å².